The Balaban J connectivity index is 2.22. The van der Waals surface area contributed by atoms with Gasteiger partial charge in [0.15, 0.2) is 10.3 Å². The lowest BCUT2D eigenvalue weighted by molar-refractivity contribution is -0.111. The van der Waals surface area contributed by atoms with Gasteiger partial charge in [-0.2, -0.15) is 0 Å². The van der Waals surface area contributed by atoms with Crippen molar-refractivity contribution in [2.75, 3.05) is 18.0 Å². The predicted molar refractivity (Wildman–Crippen MR) is 63.1 cm³/mol. The average Bonchev–Trinajstić information content (AvgIpc) is 2.32. The normalized spacial score (nSPS) is 20.9. The second-order valence-corrected chi connectivity index (χ2v) is 4.57. The zero-order chi connectivity index (χ0) is 11.5. The van der Waals surface area contributed by atoms with Gasteiger partial charge in [0, 0.05) is 25.1 Å². The molecule has 86 valence electrons. The smallest absolute Gasteiger partial charge is 0.175 e. The van der Waals surface area contributed by atoms with Crippen molar-refractivity contribution in [3.63, 3.8) is 0 Å². The van der Waals surface area contributed by atoms with Gasteiger partial charge in [0.2, 0.25) is 0 Å². The van der Waals surface area contributed by atoms with Gasteiger partial charge in [-0.1, -0.05) is 23.2 Å². The Morgan fingerprint density at radius 3 is 3.00 bits per heavy atom. The Labute approximate surface area is 104 Å². The number of carbonyl (C=O) groups excluding carboxylic acids is 1. The Kier molecular flexibility index (Phi) is 3.61. The molecule has 2 rings (SSSR count). The van der Waals surface area contributed by atoms with E-state index in [-0.39, 0.29) is 5.92 Å². The largest absolute Gasteiger partial charge is 0.368 e. The SMILES string of the molecule is O=CC1CCCN(c2cc(Cl)nnc2Cl)C1. The molecule has 0 amide bonds. The van der Waals surface area contributed by atoms with E-state index in [9.17, 15) is 4.79 Å². The minimum absolute atomic E-state index is 0.0664. The van der Waals surface area contributed by atoms with E-state index in [1.54, 1.807) is 6.07 Å². The highest BCUT2D eigenvalue weighted by atomic mass is 35.5. The van der Waals surface area contributed by atoms with Crippen molar-refractivity contribution in [2.45, 2.75) is 12.8 Å². The van der Waals surface area contributed by atoms with Crippen LogP contribution in [0.3, 0.4) is 0 Å². The van der Waals surface area contributed by atoms with Crippen molar-refractivity contribution >= 4 is 35.2 Å². The van der Waals surface area contributed by atoms with E-state index in [0.29, 0.717) is 16.9 Å². The molecule has 0 spiro atoms. The Morgan fingerprint density at radius 1 is 1.44 bits per heavy atom. The fourth-order valence-corrected chi connectivity index (χ4v) is 2.26. The second kappa shape index (κ2) is 4.97. The number of nitrogens with zero attached hydrogens (tertiary/aromatic N) is 3. The molecule has 4 nitrogen and oxygen atoms in total. The van der Waals surface area contributed by atoms with Gasteiger partial charge < -0.3 is 9.69 Å². The quantitative estimate of drug-likeness (QED) is 0.765. The summed E-state index contributed by atoms with van der Waals surface area (Å²) >= 11 is 11.7. The third-order valence-electron chi connectivity index (χ3n) is 2.69. The number of halogens is 2. The summed E-state index contributed by atoms with van der Waals surface area (Å²) in [5.74, 6) is 0.0664. The first-order valence-electron chi connectivity index (χ1n) is 5.09. The number of rotatable bonds is 2. The number of aromatic nitrogens is 2. The van der Waals surface area contributed by atoms with E-state index in [0.717, 1.165) is 31.4 Å². The van der Waals surface area contributed by atoms with E-state index < -0.39 is 0 Å². The van der Waals surface area contributed by atoms with Crippen LogP contribution in [-0.2, 0) is 4.79 Å². The molecule has 1 atom stereocenters. The molecule has 0 aliphatic carbocycles. The Bertz CT molecular complexity index is 400. The molecule has 0 bridgehead atoms. The summed E-state index contributed by atoms with van der Waals surface area (Å²) in [6, 6.07) is 1.68. The molecule has 1 aliphatic rings. The number of anilines is 1. The van der Waals surface area contributed by atoms with Gasteiger partial charge >= 0.3 is 0 Å². The van der Waals surface area contributed by atoms with Crippen molar-refractivity contribution in [3.05, 3.63) is 16.4 Å². The first kappa shape index (κ1) is 11.6. The fraction of sp³-hybridized carbons (Fsp3) is 0.500. The van der Waals surface area contributed by atoms with Crippen molar-refractivity contribution in [1.82, 2.24) is 10.2 Å². The van der Waals surface area contributed by atoms with Crippen LogP contribution in [0.2, 0.25) is 10.3 Å². The maximum absolute atomic E-state index is 10.8. The van der Waals surface area contributed by atoms with Gasteiger partial charge in [0.25, 0.3) is 0 Å². The van der Waals surface area contributed by atoms with Crippen LogP contribution in [0.1, 0.15) is 12.8 Å². The summed E-state index contributed by atoms with van der Waals surface area (Å²) in [7, 11) is 0. The maximum atomic E-state index is 10.8. The third kappa shape index (κ3) is 2.44. The van der Waals surface area contributed by atoms with Gasteiger partial charge in [-0.05, 0) is 12.8 Å². The van der Waals surface area contributed by atoms with Crippen molar-refractivity contribution in [3.8, 4) is 0 Å². The molecule has 1 aliphatic heterocycles. The van der Waals surface area contributed by atoms with Gasteiger partial charge in [-0.3, -0.25) is 0 Å². The molecule has 1 saturated heterocycles. The van der Waals surface area contributed by atoms with Crippen LogP contribution in [0.25, 0.3) is 0 Å². The lowest BCUT2D eigenvalue weighted by atomic mass is 9.99. The third-order valence-corrected chi connectivity index (χ3v) is 3.15. The summed E-state index contributed by atoms with van der Waals surface area (Å²) in [5.41, 5.74) is 0.758. The standard InChI is InChI=1S/C10H11Cl2N3O/c11-9-4-8(10(12)14-13-9)15-3-1-2-7(5-15)6-16/h4,6-7H,1-3,5H2. The highest BCUT2D eigenvalue weighted by Crippen LogP contribution is 2.28. The summed E-state index contributed by atoms with van der Waals surface area (Å²) in [5, 5.41) is 8.06. The highest BCUT2D eigenvalue weighted by molar-refractivity contribution is 6.33. The maximum Gasteiger partial charge on any atom is 0.175 e. The lowest BCUT2D eigenvalue weighted by Crippen LogP contribution is -2.36. The topological polar surface area (TPSA) is 46.1 Å². The zero-order valence-electron chi connectivity index (χ0n) is 8.57. The van der Waals surface area contributed by atoms with Crippen LogP contribution >= 0.6 is 23.2 Å². The predicted octanol–water partition coefficient (Wildman–Crippen LogP) is 2.20. The van der Waals surface area contributed by atoms with Gasteiger partial charge in [-0.25, -0.2) is 0 Å². The summed E-state index contributed by atoms with van der Waals surface area (Å²) < 4.78 is 0. The van der Waals surface area contributed by atoms with Crippen molar-refractivity contribution < 1.29 is 4.79 Å². The number of hydrogen-bond acceptors (Lipinski definition) is 4. The van der Waals surface area contributed by atoms with E-state index in [2.05, 4.69) is 10.2 Å². The first-order valence-corrected chi connectivity index (χ1v) is 5.85. The first-order chi connectivity index (χ1) is 7.70. The molecular formula is C10H11Cl2N3O. The molecule has 1 aromatic heterocycles. The van der Waals surface area contributed by atoms with Crippen LogP contribution in [0.5, 0.6) is 0 Å². The van der Waals surface area contributed by atoms with E-state index in [4.69, 9.17) is 23.2 Å². The number of hydrogen-bond donors (Lipinski definition) is 0. The molecular weight excluding hydrogens is 249 g/mol. The number of aldehydes is 1. The molecule has 6 heteroatoms. The summed E-state index contributed by atoms with van der Waals surface area (Å²) in [4.78, 5) is 12.8. The molecule has 1 fully saturated rings. The fourth-order valence-electron chi connectivity index (χ4n) is 1.91. The van der Waals surface area contributed by atoms with Crippen LogP contribution in [0.15, 0.2) is 6.07 Å². The number of carbonyl (C=O) groups is 1. The summed E-state index contributed by atoms with van der Waals surface area (Å²) in [6.45, 7) is 1.54. The van der Waals surface area contributed by atoms with Gasteiger partial charge in [-0.15, -0.1) is 10.2 Å². The van der Waals surface area contributed by atoms with Gasteiger partial charge in [0.1, 0.15) is 6.29 Å². The number of piperidine rings is 1. The zero-order valence-corrected chi connectivity index (χ0v) is 10.1. The van der Waals surface area contributed by atoms with Crippen LogP contribution < -0.4 is 4.90 Å². The van der Waals surface area contributed by atoms with Crippen molar-refractivity contribution in [1.29, 1.82) is 0 Å². The molecule has 1 aromatic rings. The molecule has 0 N–H and O–H groups in total. The lowest BCUT2D eigenvalue weighted by Gasteiger charge is -2.32. The molecule has 0 saturated carbocycles. The van der Waals surface area contributed by atoms with Crippen LogP contribution in [0.4, 0.5) is 5.69 Å². The molecule has 0 radical (unpaired) electrons. The van der Waals surface area contributed by atoms with E-state index in [1.807, 2.05) is 4.90 Å². The second-order valence-electron chi connectivity index (χ2n) is 3.83. The highest BCUT2D eigenvalue weighted by Gasteiger charge is 2.21. The molecule has 2 heterocycles. The van der Waals surface area contributed by atoms with E-state index >= 15 is 0 Å². The Hall–Kier alpha value is -0.870. The Morgan fingerprint density at radius 2 is 2.25 bits per heavy atom. The van der Waals surface area contributed by atoms with Gasteiger partial charge in [0.05, 0.1) is 5.69 Å². The van der Waals surface area contributed by atoms with Crippen molar-refractivity contribution in [2.24, 2.45) is 5.92 Å². The molecule has 16 heavy (non-hydrogen) atoms. The molecule has 1 unspecified atom stereocenters. The molecule has 0 aromatic carbocycles. The summed E-state index contributed by atoms with van der Waals surface area (Å²) in [6.07, 6.45) is 2.90. The average molecular weight is 260 g/mol. The monoisotopic (exact) mass is 259 g/mol. The van der Waals surface area contributed by atoms with E-state index in [1.165, 1.54) is 0 Å². The minimum Gasteiger partial charge on any atom is -0.368 e. The van der Waals surface area contributed by atoms with Crippen LogP contribution in [-0.4, -0.2) is 29.6 Å². The minimum atomic E-state index is 0.0664. The van der Waals surface area contributed by atoms with Crippen LogP contribution in [0, 0.1) is 5.92 Å².